The highest BCUT2D eigenvalue weighted by Gasteiger charge is 2.31. The van der Waals surface area contributed by atoms with Gasteiger partial charge < -0.3 is 5.73 Å². The predicted molar refractivity (Wildman–Crippen MR) is 63.2 cm³/mol. The summed E-state index contributed by atoms with van der Waals surface area (Å²) in [5.41, 5.74) is 7.87. The Morgan fingerprint density at radius 2 is 2.06 bits per heavy atom. The molecule has 1 fully saturated rings. The maximum atomic E-state index is 11.9. The maximum absolute atomic E-state index is 11.9. The van der Waals surface area contributed by atoms with Crippen LogP contribution < -0.4 is 5.73 Å². The van der Waals surface area contributed by atoms with Gasteiger partial charge in [-0.2, -0.15) is 0 Å². The molecule has 3 rings (SSSR count). The molecule has 0 spiro atoms. The molecule has 1 aromatic carbocycles. The molecule has 0 amide bonds. The van der Waals surface area contributed by atoms with Crippen LogP contribution in [-0.4, -0.2) is 10.8 Å². The first-order chi connectivity index (χ1) is 7.75. The number of hydrogen-bond acceptors (Lipinski definition) is 3. The molecule has 0 unspecified atom stereocenters. The van der Waals surface area contributed by atoms with Gasteiger partial charge in [0.15, 0.2) is 5.78 Å². The van der Waals surface area contributed by atoms with Crippen molar-refractivity contribution in [3.63, 3.8) is 0 Å². The number of para-hydroxylation sites is 1. The summed E-state index contributed by atoms with van der Waals surface area (Å²) in [4.78, 5) is 16.3. The fourth-order valence-corrected chi connectivity index (χ4v) is 1.88. The molecule has 1 aromatic heterocycles. The van der Waals surface area contributed by atoms with Gasteiger partial charge in [0, 0.05) is 17.0 Å². The molecular weight excluding hydrogens is 200 g/mol. The van der Waals surface area contributed by atoms with Crippen LogP contribution >= 0.6 is 0 Å². The van der Waals surface area contributed by atoms with E-state index in [1.807, 2.05) is 24.3 Å². The Hall–Kier alpha value is -1.90. The number of aromatic nitrogens is 1. The quantitative estimate of drug-likeness (QED) is 0.778. The van der Waals surface area contributed by atoms with Crippen molar-refractivity contribution in [1.29, 1.82) is 0 Å². The summed E-state index contributed by atoms with van der Waals surface area (Å²) >= 11 is 0. The molecule has 2 aromatic rings. The van der Waals surface area contributed by atoms with E-state index in [2.05, 4.69) is 4.98 Å². The molecule has 1 aliphatic carbocycles. The first kappa shape index (κ1) is 9.33. The van der Waals surface area contributed by atoms with E-state index in [0.717, 1.165) is 23.7 Å². The van der Waals surface area contributed by atoms with Gasteiger partial charge in [-0.25, -0.2) is 4.98 Å². The van der Waals surface area contributed by atoms with Gasteiger partial charge in [-0.3, -0.25) is 4.79 Å². The van der Waals surface area contributed by atoms with E-state index in [9.17, 15) is 4.79 Å². The number of rotatable bonds is 2. The lowest BCUT2D eigenvalue weighted by atomic mass is 10.1. The lowest BCUT2D eigenvalue weighted by Gasteiger charge is -2.04. The van der Waals surface area contributed by atoms with Gasteiger partial charge in [-0.1, -0.05) is 18.2 Å². The number of nitrogens with zero attached hydrogens (tertiary/aromatic N) is 1. The molecule has 0 aliphatic heterocycles. The number of ketones is 1. The van der Waals surface area contributed by atoms with Crippen molar-refractivity contribution in [2.75, 3.05) is 5.73 Å². The normalized spacial score (nSPS) is 15.2. The number of nitrogens with two attached hydrogens (primary N) is 1. The number of hydrogen-bond donors (Lipinski definition) is 1. The van der Waals surface area contributed by atoms with Crippen LogP contribution in [0.2, 0.25) is 0 Å². The Kier molecular flexibility index (Phi) is 1.93. The van der Waals surface area contributed by atoms with Gasteiger partial charge in [0.25, 0.3) is 0 Å². The minimum absolute atomic E-state index is 0.137. The average Bonchev–Trinajstić information content (AvgIpc) is 3.12. The second kappa shape index (κ2) is 3.30. The number of nitrogen functional groups attached to an aromatic ring is 1. The van der Waals surface area contributed by atoms with Crippen molar-refractivity contribution in [3.05, 3.63) is 36.0 Å². The van der Waals surface area contributed by atoms with Crippen LogP contribution in [0.5, 0.6) is 0 Å². The molecule has 3 heteroatoms. The van der Waals surface area contributed by atoms with Gasteiger partial charge in [0.05, 0.1) is 5.52 Å². The highest BCUT2D eigenvalue weighted by molar-refractivity contribution is 6.02. The lowest BCUT2D eigenvalue weighted by Crippen LogP contribution is -2.05. The van der Waals surface area contributed by atoms with E-state index < -0.39 is 0 Å². The number of carbonyl (C=O) groups excluding carboxylic acids is 1. The van der Waals surface area contributed by atoms with Crippen LogP contribution in [0.15, 0.2) is 30.3 Å². The molecule has 0 atom stereocenters. The van der Waals surface area contributed by atoms with Crippen LogP contribution in [0.3, 0.4) is 0 Å². The highest BCUT2D eigenvalue weighted by atomic mass is 16.1. The second-order valence-electron chi connectivity index (χ2n) is 4.25. The molecule has 80 valence electrons. The number of anilines is 1. The highest BCUT2D eigenvalue weighted by Crippen LogP contribution is 2.33. The molecule has 0 saturated heterocycles. The summed E-state index contributed by atoms with van der Waals surface area (Å²) in [6.45, 7) is 0. The monoisotopic (exact) mass is 212 g/mol. The number of pyridine rings is 1. The summed E-state index contributed by atoms with van der Waals surface area (Å²) < 4.78 is 0. The minimum Gasteiger partial charge on any atom is -0.398 e. The van der Waals surface area contributed by atoms with Crippen molar-refractivity contribution in [1.82, 2.24) is 4.98 Å². The molecule has 1 aliphatic rings. The summed E-state index contributed by atoms with van der Waals surface area (Å²) in [5, 5.41) is 0.912. The molecule has 1 heterocycles. The standard InChI is InChI=1S/C13H12N2O/c14-10-7-12(13(16)8-5-6-8)15-11-4-2-1-3-9(10)11/h1-4,7-8H,5-6H2,(H2,14,15). The van der Waals surface area contributed by atoms with Crippen LogP contribution in [0, 0.1) is 5.92 Å². The zero-order chi connectivity index (χ0) is 11.1. The smallest absolute Gasteiger partial charge is 0.184 e. The van der Waals surface area contributed by atoms with E-state index in [1.54, 1.807) is 6.07 Å². The third-order valence-electron chi connectivity index (χ3n) is 2.95. The zero-order valence-corrected chi connectivity index (χ0v) is 8.81. The lowest BCUT2D eigenvalue weighted by molar-refractivity contribution is 0.0963. The average molecular weight is 212 g/mol. The van der Waals surface area contributed by atoms with Gasteiger partial charge in [-0.05, 0) is 25.0 Å². The Morgan fingerprint density at radius 1 is 1.31 bits per heavy atom. The largest absolute Gasteiger partial charge is 0.398 e. The van der Waals surface area contributed by atoms with Crippen LogP contribution in [0.25, 0.3) is 10.9 Å². The van der Waals surface area contributed by atoms with E-state index in [4.69, 9.17) is 5.73 Å². The van der Waals surface area contributed by atoms with E-state index in [0.29, 0.717) is 11.4 Å². The molecule has 0 radical (unpaired) electrons. The van der Waals surface area contributed by atoms with Gasteiger partial charge in [0.1, 0.15) is 5.69 Å². The van der Waals surface area contributed by atoms with Crippen molar-refractivity contribution < 1.29 is 4.79 Å². The number of carbonyl (C=O) groups is 1. The van der Waals surface area contributed by atoms with Gasteiger partial charge >= 0.3 is 0 Å². The van der Waals surface area contributed by atoms with Gasteiger partial charge in [0.2, 0.25) is 0 Å². The number of fused-ring (bicyclic) bond motifs is 1. The Labute approximate surface area is 93.3 Å². The van der Waals surface area contributed by atoms with E-state index in [-0.39, 0.29) is 11.7 Å². The maximum Gasteiger partial charge on any atom is 0.184 e. The summed E-state index contributed by atoms with van der Waals surface area (Å²) in [5.74, 6) is 0.325. The molecule has 16 heavy (non-hydrogen) atoms. The van der Waals surface area contributed by atoms with Crippen LogP contribution in [-0.2, 0) is 0 Å². The fourth-order valence-electron chi connectivity index (χ4n) is 1.88. The third kappa shape index (κ3) is 1.45. The second-order valence-corrected chi connectivity index (χ2v) is 4.25. The molecule has 0 bridgehead atoms. The minimum atomic E-state index is 0.137. The topological polar surface area (TPSA) is 56.0 Å². The SMILES string of the molecule is Nc1cc(C(=O)C2CC2)nc2ccccc12. The first-order valence-electron chi connectivity index (χ1n) is 5.45. The zero-order valence-electron chi connectivity index (χ0n) is 8.81. The van der Waals surface area contributed by atoms with Crippen molar-refractivity contribution in [2.24, 2.45) is 5.92 Å². The molecular formula is C13H12N2O. The fraction of sp³-hybridized carbons (Fsp3) is 0.231. The summed E-state index contributed by atoms with van der Waals surface area (Å²) in [7, 11) is 0. The van der Waals surface area contributed by atoms with E-state index in [1.165, 1.54) is 0 Å². The molecule has 2 N–H and O–H groups in total. The van der Waals surface area contributed by atoms with E-state index >= 15 is 0 Å². The van der Waals surface area contributed by atoms with Crippen molar-refractivity contribution >= 4 is 22.4 Å². The summed E-state index contributed by atoms with van der Waals surface area (Å²) in [6, 6.07) is 9.32. The summed E-state index contributed by atoms with van der Waals surface area (Å²) in [6.07, 6.45) is 1.99. The van der Waals surface area contributed by atoms with Crippen molar-refractivity contribution in [3.8, 4) is 0 Å². The van der Waals surface area contributed by atoms with Crippen molar-refractivity contribution in [2.45, 2.75) is 12.8 Å². The Balaban J connectivity index is 2.16. The number of Topliss-reactive ketones (excluding diaryl/α,β-unsaturated/α-hetero) is 1. The third-order valence-corrected chi connectivity index (χ3v) is 2.95. The molecule has 3 nitrogen and oxygen atoms in total. The van der Waals surface area contributed by atoms with Gasteiger partial charge in [-0.15, -0.1) is 0 Å². The van der Waals surface area contributed by atoms with Crippen LogP contribution in [0.1, 0.15) is 23.3 Å². The Bertz CT molecular complexity index is 573. The molecule has 1 saturated carbocycles. The Morgan fingerprint density at radius 3 is 2.81 bits per heavy atom. The predicted octanol–water partition coefficient (Wildman–Crippen LogP) is 2.41. The van der Waals surface area contributed by atoms with Crippen LogP contribution in [0.4, 0.5) is 5.69 Å². The first-order valence-corrected chi connectivity index (χ1v) is 5.45. The number of benzene rings is 1.